The molecular formula is C14H14N4S. The van der Waals surface area contributed by atoms with Gasteiger partial charge in [-0.2, -0.15) is 5.10 Å². The minimum atomic E-state index is -0.0486. The van der Waals surface area contributed by atoms with E-state index < -0.39 is 0 Å². The van der Waals surface area contributed by atoms with E-state index in [1.165, 1.54) is 9.79 Å². The monoisotopic (exact) mass is 270 g/mol. The summed E-state index contributed by atoms with van der Waals surface area (Å²) in [5.74, 6) is -0.0486. The Kier molecular flexibility index (Phi) is 4.58. The van der Waals surface area contributed by atoms with E-state index in [1.807, 2.05) is 42.5 Å². The summed E-state index contributed by atoms with van der Waals surface area (Å²) >= 11 is 1.71. The van der Waals surface area contributed by atoms with Crippen LogP contribution in [-0.4, -0.2) is 12.2 Å². The minimum Gasteiger partial charge on any atom is -0.369 e. The summed E-state index contributed by atoms with van der Waals surface area (Å²) in [5.41, 5.74) is 11.3. The molecule has 0 aromatic heterocycles. The summed E-state index contributed by atoms with van der Waals surface area (Å²) in [6, 6.07) is 18.2. The molecule has 96 valence electrons. The molecule has 0 radical (unpaired) electrons. The zero-order valence-corrected chi connectivity index (χ0v) is 11.0. The second-order valence-corrected chi connectivity index (χ2v) is 4.90. The van der Waals surface area contributed by atoms with E-state index in [1.54, 1.807) is 18.0 Å². The Morgan fingerprint density at radius 1 is 0.895 bits per heavy atom. The third-order valence-electron chi connectivity index (χ3n) is 2.24. The van der Waals surface area contributed by atoms with Gasteiger partial charge in [0.15, 0.2) is 0 Å². The topological polar surface area (TPSA) is 76.8 Å². The predicted octanol–water partition coefficient (Wildman–Crippen LogP) is 2.45. The van der Waals surface area contributed by atoms with Gasteiger partial charge in [0.2, 0.25) is 5.96 Å². The minimum absolute atomic E-state index is 0.0486. The normalized spacial score (nSPS) is 10.5. The van der Waals surface area contributed by atoms with Crippen LogP contribution >= 0.6 is 11.8 Å². The Bertz CT molecular complexity index is 572. The second-order valence-electron chi connectivity index (χ2n) is 3.75. The lowest BCUT2D eigenvalue weighted by Gasteiger charge is -2.01. The van der Waals surface area contributed by atoms with Gasteiger partial charge >= 0.3 is 0 Å². The lowest BCUT2D eigenvalue weighted by molar-refractivity contribution is 1.21. The van der Waals surface area contributed by atoms with E-state index in [2.05, 4.69) is 22.3 Å². The fraction of sp³-hybridized carbons (Fsp3) is 0. The fourth-order valence-electron chi connectivity index (χ4n) is 1.41. The van der Waals surface area contributed by atoms with E-state index in [-0.39, 0.29) is 5.96 Å². The Hall–Kier alpha value is -2.27. The SMILES string of the molecule is NC(N)=N/N=C\c1ccc(Sc2ccccc2)cc1. The highest BCUT2D eigenvalue weighted by Gasteiger charge is 1.96. The van der Waals surface area contributed by atoms with Gasteiger partial charge in [0, 0.05) is 9.79 Å². The molecule has 0 bridgehead atoms. The Balaban J connectivity index is 2.03. The van der Waals surface area contributed by atoms with Crippen LogP contribution in [0.4, 0.5) is 0 Å². The number of guanidine groups is 1. The molecule has 0 saturated carbocycles. The number of hydrogen-bond donors (Lipinski definition) is 2. The lowest BCUT2D eigenvalue weighted by Crippen LogP contribution is -2.21. The van der Waals surface area contributed by atoms with Crippen LogP contribution in [0.25, 0.3) is 0 Å². The third-order valence-corrected chi connectivity index (χ3v) is 3.25. The summed E-state index contributed by atoms with van der Waals surface area (Å²) in [6.45, 7) is 0. The van der Waals surface area contributed by atoms with Gasteiger partial charge in [-0.3, -0.25) is 0 Å². The van der Waals surface area contributed by atoms with Crippen molar-refractivity contribution in [3.8, 4) is 0 Å². The maximum atomic E-state index is 5.18. The van der Waals surface area contributed by atoms with Crippen LogP contribution in [0, 0.1) is 0 Å². The molecule has 4 nitrogen and oxygen atoms in total. The molecule has 2 aromatic rings. The van der Waals surface area contributed by atoms with E-state index in [0.29, 0.717) is 0 Å². The molecule has 0 spiro atoms. The molecule has 19 heavy (non-hydrogen) atoms. The van der Waals surface area contributed by atoms with Gasteiger partial charge in [-0.1, -0.05) is 42.1 Å². The van der Waals surface area contributed by atoms with E-state index >= 15 is 0 Å². The van der Waals surface area contributed by atoms with Gasteiger partial charge in [0.25, 0.3) is 0 Å². The standard InChI is InChI=1S/C14H14N4S/c15-14(16)18-17-10-11-6-8-13(9-7-11)19-12-4-2-1-3-5-12/h1-10H,(H4,15,16,18)/b17-10-. The van der Waals surface area contributed by atoms with Crippen molar-refractivity contribution in [3.05, 3.63) is 60.2 Å². The molecule has 0 aliphatic carbocycles. The number of benzene rings is 2. The first kappa shape index (κ1) is 13.2. The van der Waals surface area contributed by atoms with E-state index in [0.717, 1.165) is 5.56 Å². The first-order chi connectivity index (χ1) is 9.24. The maximum Gasteiger partial charge on any atom is 0.211 e. The van der Waals surface area contributed by atoms with Crippen LogP contribution in [0.1, 0.15) is 5.56 Å². The molecular weight excluding hydrogens is 256 g/mol. The second kappa shape index (κ2) is 6.61. The molecule has 0 unspecified atom stereocenters. The van der Waals surface area contributed by atoms with Gasteiger partial charge in [0.1, 0.15) is 0 Å². The highest BCUT2D eigenvalue weighted by Crippen LogP contribution is 2.26. The van der Waals surface area contributed by atoms with Crippen molar-refractivity contribution >= 4 is 23.9 Å². The average Bonchev–Trinajstić information content (AvgIpc) is 2.42. The molecule has 0 aliphatic heterocycles. The van der Waals surface area contributed by atoms with E-state index in [9.17, 15) is 0 Å². The summed E-state index contributed by atoms with van der Waals surface area (Å²) in [4.78, 5) is 2.38. The molecule has 4 N–H and O–H groups in total. The van der Waals surface area contributed by atoms with Crippen molar-refractivity contribution in [2.24, 2.45) is 21.7 Å². The van der Waals surface area contributed by atoms with Crippen molar-refractivity contribution in [2.45, 2.75) is 9.79 Å². The molecule has 0 aliphatic rings. The molecule has 2 aromatic carbocycles. The van der Waals surface area contributed by atoms with Crippen LogP contribution in [-0.2, 0) is 0 Å². The van der Waals surface area contributed by atoms with Gasteiger partial charge in [-0.25, -0.2) is 0 Å². The summed E-state index contributed by atoms with van der Waals surface area (Å²) in [7, 11) is 0. The fourth-order valence-corrected chi connectivity index (χ4v) is 2.25. The smallest absolute Gasteiger partial charge is 0.211 e. The zero-order chi connectivity index (χ0) is 13.5. The van der Waals surface area contributed by atoms with Crippen molar-refractivity contribution in [3.63, 3.8) is 0 Å². The quantitative estimate of drug-likeness (QED) is 0.509. The Labute approximate surface area is 116 Å². The Morgan fingerprint density at radius 3 is 2.16 bits per heavy atom. The first-order valence-electron chi connectivity index (χ1n) is 5.69. The van der Waals surface area contributed by atoms with Crippen molar-refractivity contribution < 1.29 is 0 Å². The van der Waals surface area contributed by atoms with Crippen LogP contribution in [0.3, 0.4) is 0 Å². The highest BCUT2D eigenvalue weighted by molar-refractivity contribution is 7.99. The summed E-state index contributed by atoms with van der Waals surface area (Å²) in [5, 5.41) is 7.31. The lowest BCUT2D eigenvalue weighted by atomic mass is 10.2. The summed E-state index contributed by atoms with van der Waals surface area (Å²) in [6.07, 6.45) is 1.61. The van der Waals surface area contributed by atoms with Crippen LogP contribution in [0.2, 0.25) is 0 Å². The highest BCUT2D eigenvalue weighted by atomic mass is 32.2. The molecule has 0 amide bonds. The number of rotatable bonds is 4. The molecule has 0 saturated heterocycles. The molecule has 5 heteroatoms. The van der Waals surface area contributed by atoms with Gasteiger partial charge in [0.05, 0.1) is 6.21 Å². The number of nitrogens with zero attached hydrogens (tertiary/aromatic N) is 2. The van der Waals surface area contributed by atoms with Crippen molar-refractivity contribution in [2.75, 3.05) is 0 Å². The third kappa shape index (κ3) is 4.48. The first-order valence-corrected chi connectivity index (χ1v) is 6.50. The van der Waals surface area contributed by atoms with Gasteiger partial charge in [-0.05, 0) is 29.8 Å². The number of nitrogens with two attached hydrogens (primary N) is 2. The van der Waals surface area contributed by atoms with Crippen LogP contribution < -0.4 is 11.5 Å². The van der Waals surface area contributed by atoms with Crippen LogP contribution in [0.5, 0.6) is 0 Å². The van der Waals surface area contributed by atoms with E-state index in [4.69, 9.17) is 11.5 Å². The average molecular weight is 270 g/mol. The molecule has 0 heterocycles. The molecule has 0 atom stereocenters. The van der Waals surface area contributed by atoms with Crippen LogP contribution in [0.15, 0.2) is 74.6 Å². The maximum absolute atomic E-state index is 5.18. The number of hydrogen-bond acceptors (Lipinski definition) is 3. The zero-order valence-electron chi connectivity index (χ0n) is 10.2. The molecule has 2 rings (SSSR count). The summed E-state index contributed by atoms with van der Waals surface area (Å²) < 4.78 is 0. The van der Waals surface area contributed by atoms with Gasteiger partial charge in [-0.15, -0.1) is 5.10 Å². The molecule has 0 fully saturated rings. The largest absolute Gasteiger partial charge is 0.369 e. The predicted molar refractivity (Wildman–Crippen MR) is 80.4 cm³/mol. The Morgan fingerprint density at radius 2 is 1.53 bits per heavy atom. The van der Waals surface area contributed by atoms with Crippen molar-refractivity contribution in [1.82, 2.24) is 0 Å². The van der Waals surface area contributed by atoms with Gasteiger partial charge < -0.3 is 11.5 Å². The van der Waals surface area contributed by atoms with Crippen molar-refractivity contribution in [1.29, 1.82) is 0 Å².